The second-order valence-electron chi connectivity index (χ2n) is 9.32. The molecule has 1 atom stereocenters. The van der Waals surface area contributed by atoms with Crippen LogP contribution >= 0.6 is 27.3 Å². The van der Waals surface area contributed by atoms with Crippen molar-refractivity contribution in [2.75, 3.05) is 28.6 Å². The number of hydrogen-bond acceptors (Lipinski definition) is 8. The summed E-state index contributed by atoms with van der Waals surface area (Å²) in [5.41, 5.74) is -0.415. The average molecular weight is 610 g/mol. The van der Waals surface area contributed by atoms with E-state index < -0.39 is 35.7 Å². The van der Waals surface area contributed by atoms with Crippen LogP contribution in [0.4, 0.5) is 34.5 Å². The van der Waals surface area contributed by atoms with E-state index in [0.717, 1.165) is 11.3 Å². The fourth-order valence-corrected chi connectivity index (χ4v) is 5.06. The monoisotopic (exact) mass is 609 g/mol. The first kappa shape index (κ1) is 28.7. The van der Waals surface area contributed by atoms with Crippen molar-refractivity contribution in [3.05, 3.63) is 15.8 Å². The molecule has 16 heteroatoms. The Labute approximate surface area is 223 Å². The number of hydrogen-bond donors (Lipinski definition) is 3. The number of nitrogens with zero attached hydrogens (tertiary/aromatic N) is 4. The normalized spacial score (nSPS) is 16.6. The Kier molecular flexibility index (Phi) is 8.72. The van der Waals surface area contributed by atoms with Gasteiger partial charge in [0, 0.05) is 26.2 Å². The Morgan fingerprint density at radius 3 is 2.51 bits per heavy atom. The highest BCUT2D eigenvalue weighted by Crippen LogP contribution is 2.32. The van der Waals surface area contributed by atoms with Crippen LogP contribution in [-0.4, -0.2) is 63.6 Å². The zero-order valence-corrected chi connectivity index (χ0v) is 22.9. The molecule has 3 N–H and O–H groups in total. The largest absolute Gasteiger partial charge is 0.471 e. The predicted molar refractivity (Wildman–Crippen MR) is 135 cm³/mol. The van der Waals surface area contributed by atoms with Crippen LogP contribution in [-0.2, 0) is 16.6 Å². The first-order chi connectivity index (χ1) is 17.1. The molecule has 204 valence electrons. The van der Waals surface area contributed by atoms with Crippen molar-refractivity contribution in [3.8, 4) is 0 Å². The SMILES string of the molecule is Cn1ncc(NC(=O)c2nc(Br)sc2NC(=O)OC(C)(C)C)c1N1CCCC(NC(=O)C(F)(F)F)CC1. The lowest BCUT2D eigenvalue weighted by molar-refractivity contribution is -0.174. The van der Waals surface area contributed by atoms with Crippen LogP contribution < -0.4 is 20.9 Å². The van der Waals surface area contributed by atoms with Gasteiger partial charge < -0.3 is 20.3 Å². The summed E-state index contributed by atoms with van der Waals surface area (Å²) in [5.74, 6) is -2.01. The molecule has 3 heterocycles. The Bertz CT molecular complexity index is 1160. The van der Waals surface area contributed by atoms with Crippen molar-refractivity contribution < 1.29 is 32.3 Å². The Morgan fingerprint density at radius 1 is 1.16 bits per heavy atom. The zero-order chi connectivity index (χ0) is 27.5. The van der Waals surface area contributed by atoms with Crippen LogP contribution in [0.5, 0.6) is 0 Å². The molecule has 0 aliphatic carbocycles. The summed E-state index contributed by atoms with van der Waals surface area (Å²) in [6.45, 7) is 5.94. The van der Waals surface area contributed by atoms with E-state index in [1.807, 2.05) is 10.2 Å². The van der Waals surface area contributed by atoms with Gasteiger partial charge in [0.25, 0.3) is 5.91 Å². The molecule has 1 unspecified atom stereocenters. The molecule has 0 spiro atoms. The van der Waals surface area contributed by atoms with E-state index in [9.17, 15) is 27.6 Å². The molecule has 37 heavy (non-hydrogen) atoms. The van der Waals surface area contributed by atoms with E-state index in [1.54, 1.807) is 32.5 Å². The van der Waals surface area contributed by atoms with Crippen molar-refractivity contribution in [2.24, 2.45) is 7.05 Å². The van der Waals surface area contributed by atoms with Gasteiger partial charge in [-0.3, -0.25) is 19.6 Å². The molecule has 1 aliphatic heterocycles. The molecule has 11 nitrogen and oxygen atoms in total. The number of rotatable bonds is 5. The summed E-state index contributed by atoms with van der Waals surface area (Å²) in [4.78, 5) is 42.7. The minimum Gasteiger partial charge on any atom is -0.444 e. The number of nitrogens with one attached hydrogen (secondary N) is 3. The van der Waals surface area contributed by atoms with Gasteiger partial charge in [0.2, 0.25) is 0 Å². The van der Waals surface area contributed by atoms with Crippen molar-refractivity contribution in [3.63, 3.8) is 0 Å². The molecule has 3 amide bonds. The molecule has 1 fully saturated rings. The predicted octanol–water partition coefficient (Wildman–Crippen LogP) is 4.28. The first-order valence-electron chi connectivity index (χ1n) is 11.3. The second kappa shape index (κ2) is 11.2. The number of anilines is 3. The van der Waals surface area contributed by atoms with Gasteiger partial charge >= 0.3 is 18.2 Å². The van der Waals surface area contributed by atoms with Crippen molar-refractivity contribution >= 4 is 61.7 Å². The third kappa shape index (κ3) is 7.80. The number of alkyl halides is 3. The average Bonchev–Trinajstić information content (AvgIpc) is 3.20. The number of thiazole rings is 1. The van der Waals surface area contributed by atoms with Gasteiger partial charge in [0.15, 0.2) is 15.4 Å². The summed E-state index contributed by atoms with van der Waals surface area (Å²) in [7, 11) is 1.67. The van der Waals surface area contributed by atoms with Crippen molar-refractivity contribution in [2.45, 2.75) is 57.9 Å². The van der Waals surface area contributed by atoms with Crippen LogP contribution in [0.15, 0.2) is 10.1 Å². The molecular weight excluding hydrogens is 583 g/mol. The maximum atomic E-state index is 13.1. The number of aryl methyl sites for hydroxylation is 1. The maximum Gasteiger partial charge on any atom is 0.471 e. The van der Waals surface area contributed by atoms with E-state index in [4.69, 9.17) is 4.74 Å². The highest BCUT2D eigenvalue weighted by Gasteiger charge is 2.40. The third-order valence-corrected chi connectivity index (χ3v) is 6.63. The van der Waals surface area contributed by atoms with Crippen LogP contribution in [0.1, 0.15) is 50.5 Å². The lowest BCUT2D eigenvalue weighted by Crippen LogP contribution is -2.43. The van der Waals surface area contributed by atoms with E-state index in [2.05, 4.69) is 36.6 Å². The number of amides is 3. The Balaban J connectivity index is 1.72. The Hall–Kier alpha value is -2.88. The molecule has 2 aromatic rings. The minimum absolute atomic E-state index is 0.0386. The fraction of sp³-hybridized carbons (Fsp3) is 0.571. The summed E-state index contributed by atoms with van der Waals surface area (Å²) < 4.78 is 45.1. The molecule has 0 bridgehead atoms. The molecule has 0 saturated carbocycles. The van der Waals surface area contributed by atoms with Crippen molar-refractivity contribution in [1.29, 1.82) is 0 Å². The van der Waals surface area contributed by atoms with Crippen LogP contribution in [0.3, 0.4) is 0 Å². The van der Waals surface area contributed by atoms with Gasteiger partial charge in [0.1, 0.15) is 16.3 Å². The molecule has 1 aliphatic rings. The third-order valence-electron chi connectivity index (χ3n) is 5.21. The van der Waals surface area contributed by atoms with Gasteiger partial charge in [-0.05, 0) is 56.0 Å². The van der Waals surface area contributed by atoms with Crippen LogP contribution in [0.2, 0.25) is 0 Å². The van der Waals surface area contributed by atoms with E-state index in [-0.39, 0.29) is 17.1 Å². The lowest BCUT2D eigenvalue weighted by atomic mass is 10.1. The molecule has 0 aromatic carbocycles. The summed E-state index contributed by atoms with van der Waals surface area (Å²) in [5, 5.41) is 11.7. The van der Waals surface area contributed by atoms with Gasteiger partial charge in [-0.1, -0.05) is 11.3 Å². The number of carbonyl (C=O) groups is 3. The van der Waals surface area contributed by atoms with Gasteiger partial charge in [-0.2, -0.15) is 18.3 Å². The summed E-state index contributed by atoms with van der Waals surface area (Å²) in [6, 6.07) is -0.626. The van der Waals surface area contributed by atoms with Crippen LogP contribution in [0.25, 0.3) is 0 Å². The van der Waals surface area contributed by atoms with Gasteiger partial charge in [0.05, 0.1) is 6.20 Å². The number of carbonyl (C=O) groups excluding carboxylic acids is 3. The number of halogens is 4. The smallest absolute Gasteiger partial charge is 0.444 e. The van der Waals surface area contributed by atoms with Gasteiger partial charge in [-0.25, -0.2) is 9.78 Å². The summed E-state index contributed by atoms with van der Waals surface area (Å²) >= 11 is 4.26. The Morgan fingerprint density at radius 2 is 1.86 bits per heavy atom. The second-order valence-corrected chi connectivity index (χ2v) is 11.6. The van der Waals surface area contributed by atoms with E-state index in [0.29, 0.717) is 41.4 Å². The fourth-order valence-electron chi connectivity index (χ4n) is 3.72. The van der Waals surface area contributed by atoms with Crippen LogP contribution in [0, 0.1) is 0 Å². The van der Waals surface area contributed by atoms with Crippen molar-refractivity contribution in [1.82, 2.24) is 20.1 Å². The highest BCUT2D eigenvalue weighted by atomic mass is 79.9. The molecule has 1 saturated heterocycles. The van der Waals surface area contributed by atoms with E-state index >= 15 is 0 Å². The molecule has 2 aromatic heterocycles. The molecular formula is C21H27BrF3N7O4S. The minimum atomic E-state index is -4.94. The molecule has 0 radical (unpaired) electrons. The zero-order valence-electron chi connectivity index (χ0n) is 20.5. The lowest BCUT2D eigenvalue weighted by Gasteiger charge is -2.24. The maximum absolute atomic E-state index is 13.1. The first-order valence-corrected chi connectivity index (χ1v) is 12.9. The summed E-state index contributed by atoms with van der Waals surface area (Å²) in [6.07, 6.45) is -3.05. The number of ether oxygens (including phenoxy) is 1. The highest BCUT2D eigenvalue weighted by molar-refractivity contribution is 9.11. The van der Waals surface area contributed by atoms with Gasteiger partial charge in [-0.15, -0.1) is 0 Å². The standard InChI is InChI=1S/C21H27BrF3N7O4S/c1-20(2,3)36-19(35)30-15-13(29-18(22)37-15)14(33)28-12-10-26-31(4)16(12)32-8-5-6-11(7-9-32)27-17(34)21(23,24)25/h10-11H,5-9H2,1-4H3,(H,27,34)(H,28,33)(H,30,35). The topological polar surface area (TPSA) is 130 Å². The number of aromatic nitrogens is 3. The van der Waals surface area contributed by atoms with E-state index in [1.165, 1.54) is 6.20 Å². The quantitative estimate of drug-likeness (QED) is 0.461. The molecule has 3 rings (SSSR count).